The lowest BCUT2D eigenvalue weighted by Gasteiger charge is -2.23. The first kappa shape index (κ1) is 13.0. The van der Waals surface area contributed by atoms with Crippen molar-refractivity contribution >= 4 is 0 Å². The smallest absolute Gasteiger partial charge is 0.0499 e. The SMILES string of the molecule is CCC(C)CC(CC)NCC1(CO)CC1. The number of rotatable bonds is 8. The van der Waals surface area contributed by atoms with Gasteiger partial charge in [0.1, 0.15) is 0 Å². The van der Waals surface area contributed by atoms with E-state index in [1.807, 2.05) is 0 Å². The lowest BCUT2D eigenvalue weighted by atomic mass is 9.97. The summed E-state index contributed by atoms with van der Waals surface area (Å²) in [7, 11) is 0. The summed E-state index contributed by atoms with van der Waals surface area (Å²) in [6, 6.07) is 0.643. The van der Waals surface area contributed by atoms with E-state index in [-0.39, 0.29) is 5.41 Å². The molecule has 0 radical (unpaired) electrons. The minimum absolute atomic E-state index is 0.253. The van der Waals surface area contributed by atoms with Crippen molar-refractivity contribution < 1.29 is 5.11 Å². The van der Waals surface area contributed by atoms with E-state index in [1.165, 1.54) is 32.1 Å². The number of hydrogen-bond donors (Lipinski definition) is 2. The van der Waals surface area contributed by atoms with Gasteiger partial charge in [-0.15, -0.1) is 0 Å². The van der Waals surface area contributed by atoms with E-state index in [4.69, 9.17) is 0 Å². The molecule has 0 bridgehead atoms. The number of nitrogens with one attached hydrogen (secondary N) is 1. The summed E-state index contributed by atoms with van der Waals surface area (Å²) in [4.78, 5) is 0. The standard InChI is InChI=1S/C13H27NO/c1-4-11(3)8-12(5-2)14-9-13(10-15)6-7-13/h11-12,14-15H,4-10H2,1-3H3. The predicted octanol–water partition coefficient (Wildman–Crippen LogP) is 2.56. The fourth-order valence-corrected chi connectivity index (χ4v) is 1.98. The molecule has 0 saturated heterocycles. The van der Waals surface area contributed by atoms with Gasteiger partial charge in [0.15, 0.2) is 0 Å². The van der Waals surface area contributed by atoms with Gasteiger partial charge in [-0.25, -0.2) is 0 Å². The molecule has 90 valence electrons. The summed E-state index contributed by atoms with van der Waals surface area (Å²) in [6.45, 7) is 8.20. The third kappa shape index (κ3) is 4.12. The molecule has 2 atom stereocenters. The van der Waals surface area contributed by atoms with E-state index in [2.05, 4.69) is 26.1 Å². The molecule has 0 heterocycles. The van der Waals surface area contributed by atoms with E-state index >= 15 is 0 Å². The van der Waals surface area contributed by atoms with Crippen LogP contribution in [-0.2, 0) is 0 Å². The third-order valence-corrected chi connectivity index (χ3v) is 3.93. The maximum atomic E-state index is 9.23. The topological polar surface area (TPSA) is 32.3 Å². The normalized spacial score (nSPS) is 22.4. The van der Waals surface area contributed by atoms with E-state index < -0.39 is 0 Å². The minimum atomic E-state index is 0.253. The second-order valence-electron chi connectivity index (χ2n) is 5.39. The highest BCUT2D eigenvalue weighted by atomic mass is 16.3. The van der Waals surface area contributed by atoms with Gasteiger partial charge in [-0.05, 0) is 31.6 Å². The predicted molar refractivity (Wildman–Crippen MR) is 64.9 cm³/mol. The zero-order valence-corrected chi connectivity index (χ0v) is 10.6. The van der Waals surface area contributed by atoms with Gasteiger partial charge in [0.05, 0.1) is 0 Å². The van der Waals surface area contributed by atoms with E-state index in [9.17, 15) is 5.11 Å². The van der Waals surface area contributed by atoms with Crippen LogP contribution in [0.4, 0.5) is 0 Å². The van der Waals surface area contributed by atoms with E-state index in [0.29, 0.717) is 12.6 Å². The second kappa shape index (κ2) is 5.86. The Kier molecular flexibility index (Phi) is 5.07. The summed E-state index contributed by atoms with van der Waals surface area (Å²) in [5.74, 6) is 0.812. The molecule has 1 rings (SSSR count). The molecule has 0 spiro atoms. The Morgan fingerprint density at radius 2 is 1.93 bits per heavy atom. The van der Waals surface area contributed by atoms with Crippen molar-refractivity contribution in [3.05, 3.63) is 0 Å². The third-order valence-electron chi connectivity index (χ3n) is 3.93. The molecular formula is C13H27NO. The zero-order chi connectivity index (χ0) is 11.3. The Hall–Kier alpha value is -0.0800. The van der Waals surface area contributed by atoms with Gasteiger partial charge in [0, 0.05) is 24.6 Å². The summed E-state index contributed by atoms with van der Waals surface area (Å²) in [6.07, 6.45) is 6.15. The van der Waals surface area contributed by atoms with Gasteiger partial charge in [-0.3, -0.25) is 0 Å². The number of hydrogen-bond acceptors (Lipinski definition) is 2. The Labute approximate surface area is 94.5 Å². The van der Waals surface area contributed by atoms with Gasteiger partial charge in [0.2, 0.25) is 0 Å². The Morgan fingerprint density at radius 1 is 1.27 bits per heavy atom. The summed E-state index contributed by atoms with van der Waals surface area (Å²) in [5.41, 5.74) is 0.253. The van der Waals surface area contributed by atoms with E-state index in [0.717, 1.165) is 12.5 Å². The molecule has 2 unspecified atom stereocenters. The molecule has 2 heteroatoms. The van der Waals surface area contributed by atoms with Crippen LogP contribution in [0.1, 0.15) is 52.9 Å². The first-order valence-corrected chi connectivity index (χ1v) is 6.50. The monoisotopic (exact) mass is 213 g/mol. The maximum Gasteiger partial charge on any atom is 0.0499 e. The molecule has 0 aromatic rings. The highest BCUT2D eigenvalue weighted by Gasteiger charge is 2.41. The lowest BCUT2D eigenvalue weighted by molar-refractivity contribution is 0.200. The lowest BCUT2D eigenvalue weighted by Crippen LogP contribution is -2.36. The summed E-state index contributed by atoms with van der Waals surface area (Å²) in [5, 5.41) is 12.9. The highest BCUT2D eigenvalue weighted by Crippen LogP contribution is 2.44. The zero-order valence-electron chi connectivity index (χ0n) is 10.6. The molecule has 1 aliphatic carbocycles. The van der Waals surface area contributed by atoms with Crippen molar-refractivity contribution in [3.63, 3.8) is 0 Å². The molecule has 2 N–H and O–H groups in total. The molecule has 0 aliphatic heterocycles. The Bertz CT molecular complexity index is 177. The quantitative estimate of drug-likeness (QED) is 0.649. The molecular weight excluding hydrogens is 186 g/mol. The van der Waals surface area contributed by atoms with Gasteiger partial charge in [0.25, 0.3) is 0 Å². The first-order chi connectivity index (χ1) is 7.15. The van der Waals surface area contributed by atoms with Crippen LogP contribution >= 0.6 is 0 Å². The second-order valence-corrected chi connectivity index (χ2v) is 5.39. The molecule has 1 aliphatic rings. The van der Waals surface area contributed by atoms with Gasteiger partial charge >= 0.3 is 0 Å². The van der Waals surface area contributed by atoms with Crippen LogP contribution in [-0.4, -0.2) is 24.3 Å². The van der Waals surface area contributed by atoms with Gasteiger partial charge < -0.3 is 10.4 Å². The largest absolute Gasteiger partial charge is 0.396 e. The van der Waals surface area contributed by atoms with E-state index in [1.54, 1.807) is 0 Å². The van der Waals surface area contributed by atoms with Crippen LogP contribution in [0.15, 0.2) is 0 Å². The molecule has 0 amide bonds. The molecule has 15 heavy (non-hydrogen) atoms. The average molecular weight is 213 g/mol. The van der Waals surface area contributed by atoms with Crippen molar-refractivity contribution in [2.24, 2.45) is 11.3 Å². The highest BCUT2D eigenvalue weighted by molar-refractivity contribution is 4.94. The fourth-order valence-electron chi connectivity index (χ4n) is 1.98. The molecule has 0 aromatic carbocycles. The van der Waals surface area contributed by atoms with Crippen molar-refractivity contribution in [1.29, 1.82) is 0 Å². The van der Waals surface area contributed by atoms with Crippen molar-refractivity contribution in [1.82, 2.24) is 5.32 Å². The molecule has 1 fully saturated rings. The van der Waals surface area contributed by atoms with Crippen LogP contribution in [0, 0.1) is 11.3 Å². The molecule has 0 aromatic heterocycles. The Morgan fingerprint density at radius 3 is 2.33 bits per heavy atom. The average Bonchev–Trinajstić information content (AvgIpc) is 3.04. The van der Waals surface area contributed by atoms with Crippen molar-refractivity contribution in [2.45, 2.75) is 58.9 Å². The Balaban J connectivity index is 2.21. The van der Waals surface area contributed by atoms with Crippen LogP contribution in [0.25, 0.3) is 0 Å². The van der Waals surface area contributed by atoms with Crippen LogP contribution < -0.4 is 5.32 Å². The van der Waals surface area contributed by atoms with Gasteiger partial charge in [-0.2, -0.15) is 0 Å². The number of aliphatic hydroxyl groups is 1. The van der Waals surface area contributed by atoms with Crippen LogP contribution in [0.5, 0.6) is 0 Å². The van der Waals surface area contributed by atoms with Crippen LogP contribution in [0.3, 0.4) is 0 Å². The van der Waals surface area contributed by atoms with Gasteiger partial charge in [-0.1, -0.05) is 27.2 Å². The maximum absolute atomic E-state index is 9.23. The van der Waals surface area contributed by atoms with Crippen molar-refractivity contribution in [3.8, 4) is 0 Å². The fraction of sp³-hybridized carbons (Fsp3) is 1.00. The minimum Gasteiger partial charge on any atom is -0.396 e. The summed E-state index contributed by atoms with van der Waals surface area (Å²) >= 11 is 0. The van der Waals surface area contributed by atoms with Crippen LogP contribution in [0.2, 0.25) is 0 Å². The number of aliphatic hydroxyl groups excluding tert-OH is 1. The molecule has 1 saturated carbocycles. The van der Waals surface area contributed by atoms with Crippen molar-refractivity contribution in [2.75, 3.05) is 13.2 Å². The molecule has 2 nitrogen and oxygen atoms in total. The summed E-state index contributed by atoms with van der Waals surface area (Å²) < 4.78 is 0. The first-order valence-electron chi connectivity index (χ1n) is 6.50.